The topological polar surface area (TPSA) is 133 Å². The zero-order valence-corrected chi connectivity index (χ0v) is 29.7. The molecule has 4 atom stereocenters. The molecule has 0 saturated carbocycles. The fraction of sp³-hybridized carbons (Fsp3) is 0.450. The lowest BCUT2D eigenvalue weighted by Gasteiger charge is -2.40. The average Bonchev–Trinajstić information content (AvgIpc) is 3.80. The van der Waals surface area contributed by atoms with Gasteiger partial charge in [-0.3, -0.25) is 24.1 Å². The van der Waals surface area contributed by atoms with Crippen molar-refractivity contribution < 1.29 is 28.7 Å². The maximum Gasteiger partial charge on any atom is 0.261 e. The van der Waals surface area contributed by atoms with Crippen LogP contribution < -0.4 is 25.4 Å². The third-order valence-electron chi connectivity index (χ3n) is 10.9. The maximum atomic E-state index is 14.2. The van der Waals surface area contributed by atoms with Crippen molar-refractivity contribution in [1.82, 2.24) is 30.7 Å². The molecule has 52 heavy (non-hydrogen) atoms. The maximum absolute atomic E-state index is 14.2. The molecule has 0 aromatic heterocycles. The number of para-hydroxylation sites is 1. The van der Waals surface area contributed by atoms with Gasteiger partial charge in [0.05, 0.1) is 19.6 Å². The number of amides is 4. The number of benzene rings is 3. The van der Waals surface area contributed by atoms with Gasteiger partial charge in [-0.05, 0) is 66.6 Å². The van der Waals surface area contributed by atoms with Crippen LogP contribution in [0.25, 0.3) is 0 Å². The summed E-state index contributed by atoms with van der Waals surface area (Å²) in [6, 6.07) is 23.6. The fourth-order valence-corrected chi connectivity index (χ4v) is 8.19. The minimum Gasteiger partial charge on any atom is -0.497 e. The van der Waals surface area contributed by atoms with Gasteiger partial charge in [0.1, 0.15) is 17.5 Å². The molecule has 3 fully saturated rings. The minimum absolute atomic E-state index is 0.0329. The normalized spacial score (nSPS) is 25.4. The van der Waals surface area contributed by atoms with E-state index in [4.69, 9.17) is 9.47 Å². The molecule has 0 aliphatic carbocycles. The van der Waals surface area contributed by atoms with Crippen molar-refractivity contribution in [3.05, 3.63) is 95.6 Å². The first-order valence-electron chi connectivity index (χ1n) is 18.4. The standard InChI is InChI=1S/C40H48N6O6/c1-51-34-13-7-8-27(18-34)22-41-30-20-35-39(49)42-23-29-10-6-5-9-28(29)19-37(47)43-31-21-36(40(50)44-16-14-32(15-17-44)45(35)24-30)46(25-31)38(48)26-52-33-11-3-2-4-12-33/h2-13,18,30-32,35-36,41H,14-17,19-26H2,1H3,(H,42,49)(H,43,47)/t30-,31+,35-,36-/m0/s1. The summed E-state index contributed by atoms with van der Waals surface area (Å²) in [5, 5.41) is 9.97. The summed E-state index contributed by atoms with van der Waals surface area (Å²) < 4.78 is 11.2. The van der Waals surface area contributed by atoms with Crippen LogP contribution in [0.15, 0.2) is 78.9 Å². The van der Waals surface area contributed by atoms with Crippen LogP contribution in [0.4, 0.5) is 0 Å². The number of carbonyl (C=O) groups is 4. The highest BCUT2D eigenvalue weighted by Gasteiger charge is 2.45. The highest BCUT2D eigenvalue weighted by atomic mass is 16.5. The first-order chi connectivity index (χ1) is 25.3. The van der Waals surface area contributed by atoms with Crippen molar-refractivity contribution in [1.29, 1.82) is 0 Å². The lowest BCUT2D eigenvalue weighted by atomic mass is 10.00. The number of hydrogen-bond donors (Lipinski definition) is 3. The molecule has 12 heteroatoms. The van der Waals surface area contributed by atoms with E-state index in [-0.39, 0.29) is 67.4 Å². The Kier molecular flexibility index (Phi) is 11.0. The summed E-state index contributed by atoms with van der Waals surface area (Å²) in [7, 11) is 1.66. The first kappa shape index (κ1) is 35.5. The number of nitrogens with zero attached hydrogens (tertiary/aromatic N) is 3. The molecule has 3 aromatic carbocycles. The van der Waals surface area contributed by atoms with E-state index >= 15 is 0 Å². The van der Waals surface area contributed by atoms with Crippen LogP contribution in [0.2, 0.25) is 0 Å². The second kappa shape index (κ2) is 16.2. The number of carbonyl (C=O) groups excluding carboxylic acids is 4. The Bertz CT molecular complexity index is 1750. The second-order valence-corrected chi connectivity index (χ2v) is 14.3. The molecule has 0 spiro atoms. The average molecular weight is 709 g/mol. The number of piperidine rings is 1. The number of ether oxygens (including phenoxy) is 2. The quantitative estimate of drug-likeness (QED) is 0.341. The van der Waals surface area contributed by atoms with Crippen LogP contribution in [0, 0.1) is 0 Å². The molecule has 0 radical (unpaired) electrons. The molecular formula is C40H48N6O6. The Balaban J connectivity index is 1.10. The molecule has 12 nitrogen and oxygen atoms in total. The predicted molar refractivity (Wildman–Crippen MR) is 194 cm³/mol. The summed E-state index contributed by atoms with van der Waals surface area (Å²) in [5.74, 6) is 0.755. The third kappa shape index (κ3) is 8.24. The SMILES string of the molecule is COc1cccc(CN[C@H]2C[C@H]3C(=O)NCc4ccccc4CC(=O)N[C@@H]4C[C@@H](C(=O)N5CCC(CC5)N3C2)N(C(=O)COc2ccccc2)C4)c1. The number of nitrogens with one attached hydrogen (secondary N) is 3. The van der Waals surface area contributed by atoms with Gasteiger partial charge in [-0.15, -0.1) is 0 Å². The summed E-state index contributed by atoms with van der Waals surface area (Å²) in [6.45, 7) is 2.77. The van der Waals surface area contributed by atoms with Crippen LogP contribution >= 0.6 is 0 Å². The van der Waals surface area contributed by atoms with Gasteiger partial charge in [0.25, 0.3) is 5.91 Å². The van der Waals surface area contributed by atoms with E-state index in [1.54, 1.807) is 24.1 Å². The Morgan fingerprint density at radius 1 is 0.865 bits per heavy atom. The fourth-order valence-electron chi connectivity index (χ4n) is 8.19. The molecule has 4 amide bonds. The van der Waals surface area contributed by atoms with Gasteiger partial charge in [0.15, 0.2) is 6.61 Å². The molecule has 3 N–H and O–H groups in total. The van der Waals surface area contributed by atoms with Gasteiger partial charge < -0.3 is 35.2 Å². The molecule has 3 saturated heterocycles. The Hall–Kier alpha value is -4.94. The zero-order chi connectivity index (χ0) is 36.0. The van der Waals surface area contributed by atoms with Gasteiger partial charge in [-0.2, -0.15) is 0 Å². The molecule has 0 unspecified atom stereocenters. The van der Waals surface area contributed by atoms with Crippen LogP contribution in [-0.4, -0.2) is 108 Å². The first-order valence-corrected chi connectivity index (χ1v) is 18.4. The van der Waals surface area contributed by atoms with E-state index in [1.807, 2.05) is 65.6 Å². The van der Waals surface area contributed by atoms with Crippen LogP contribution in [0.3, 0.4) is 0 Å². The molecule has 4 bridgehead atoms. The predicted octanol–water partition coefficient (Wildman–Crippen LogP) is 2.26. The van der Waals surface area contributed by atoms with Crippen LogP contribution in [-0.2, 0) is 38.7 Å². The summed E-state index contributed by atoms with van der Waals surface area (Å²) >= 11 is 0. The smallest absolute Gasteiger partial charge is 0.261 e. The summed E-state index contributed by atoms with van der Waals surface area (Å²) in [4.78, 5) is 60.9. The monoisotopic (exact) mass is 708 g/mol. The second-order valence-electron chi connectivity index (χ2n) is 14.3. The molecule has 5 heterocycles. The van der Waals surface area contributed by atoms with Gasteiger partial charge in [0.2, 0.25) is 17.7 Å². The van der Waals surface area contributed by atoms with E-state index in [0.717, 1.165) is 35.3 Å². The number of methoxy groups -OCH3 is 1. The van der Waals surface area contributed by atoms with E-state index in [0.29, 0.717) is 51.3 Å². The van der Waals surface area contributed by atoms with Gasteiger partial charge >= 0.3 is 0 Å². The Labute approximate surface area is 304 Å². The summed E-state index contributed by atoms with van der Waals surface area (Å²) in [6.07, 6.45) is 2.56. The third-order valence-corrected chi connectivity index (χ3v) is 10.9. The highest BCUT2D eigenvalue weighted by Crippen LogP contribution is 2.29. The molecule has 5 aliphatic heterocycles. The van der Waals surface area contributed by atoms with Crippen molar-refractivity contribution in [2.45, 2.75) is 75.4 Å². The lowest BCUT2D eigenvalue weighted by molar-refractivity contribution is -0.146. The van der Waals surface area contributed by atoms with E-state index in [9.17, 15) is 19.2 Å². The van der Waals surface area contributed by atoms with Crippen LogP contribution in [0.5, 0.6) is 11.5 Å². The molecule has 274 valence electrons. The lowest BCUT2D eigenvalue weighted by Crippen LogP contribution is -2.55. The van der Waals surface area contributed by atoms with Gasteiger partial charge in [-0.25, -0.2) is 0 Å². The number of hydrogen-bond acceptors (Lipinski definition) is 8. The van der Waals surface area contributed by atoms with E-state index in [1.165, 1.54) is 0 Å². The van der Waals surface area contributed by atoms with Gasteiger partial charge in [0, 0.05) is 57.4 Å². The Morgan fingerprint density at radius 3 is 2.40 bits per heavy atom. The van der Waals surface area contributed by atoms with E-state index in [2.05, 4.69) is 26.9 Å². The number of rotatable bonds is 7. The van der Waals surface area contributed by atoms with Crippen molar-refractivity contribution >= 4 is 23.6 Å². The molecule has 5 aliphatic rings. The number of likely N-dealkylation sites (tertiary alicyclic amines) is 1. The molecule has 3 aromatic rings. The van der Waals surface area contributed by atoms with Gasteiger partial charge in [-0.1, -0.05) is 54.6 Å². The number of fused-ring (bicyclic) bond motifs is 6. The molecular weight excluding hydrogens is 660 g/mol. The molecule has 8 rings (SSSR count). The van der Waals surface area contributed by atoms with Crippen molar-refractivity contribution in [3.63, 3.8) is 0 Å². The van der Waals surface area contributed by atoms with E-state index < -0.39 is 6.04 Å². The highest BCUT2D eigenvalue weighted by molar-refractivity contribution is 5.89. The largest absolute Gasteiger partial charge is 0.497 e. The minimum atomic E-state index is -0.699. The van der Waals surface area contributed by atoms with Crippen molar-refractivity contribution in [3.8, 4) is 11.5 Å². The summed E-state index contributed by atoms with van der Waals surface area (Å²) in [5.41, 5.74) is 2.81. The zero-order valence-electron chi connectivity index (χ0n) is 29.7. The Morgan fingerprint density at radius 2 is 1.62 bits per heavy atom. The van der Waals surface area contributed by atoms with Crippen LogP contribution in [0.1, 0.15) is 42.4 Å². The van der Waals surface area contributed by atoms with Crippen molar-refractivity contribution in [2.75, 3.05) is 39.9 Å². The van der Waals surface area contributed by atoms with Crippen molar-refractivity contribution in [2.24, 2.45) is 0 Å².